The predicted molar refractivity (Wildman–Crippen MR) is 76.8 cm³/mol. The quantitative estimate of drug-likeness (QED) is 0.907. The van der Waals surface area contributed by atoms with E-state index in [4.69, 9.17) is 0 Å². The molecular formula is C15H17NO3S. The van der Waals surface area contributed by atoms with Crippen molar-refractivity contribution >= 4 is 23.6 Å². The number of thioether (sulfide) groups is 1. The van der Waals surface area contributed by atoms with Crippen LogP contribution in [-0.4, -0.2) is 40.7 Å². The fourth-order valence-corrected chi connectivity index (χ4v) is 4.13. The molecule has 0 aromatic heterocycles. The first-order valence-corrected chi connectivity index (χ1v) is 7.74. The molecular weight excluding hydrogens is 274 g/mol. The van der Waals surface area contributed by atoms with E-state index in [9.17, 15) is 14.7 Å². The van der Waals surface area contributed by atoms with E-state index < -0.39 is 11.4 Å². The summed E-state index contributed by atoms with van der Waals surface area (Å²) in [5, 5.41) is 9.25. The summed E-state index contributed by atoms with van der Waals surface area (Å²) in [5.41, 5.74) is 0.299. The molecule has 1 saturated heterocycles. The van der Waals surface area contributed by atoms with E-state index in [2.05, 4.69) is 0 Å². The zero-order valence-corrected chi connectivity index (χ0v) is 12.2. The van der Waals surface area contributed by atoms with E-state index in [0.717, 1.165) is 11.3 Å². The number of hydrogen-bond donors (Lipinski definition) is 1. The minimum atomic E-state index is -0.811. The third-order valence-corrected chi connectivity index (χ3v) is 5.48. The van der Waals surface area contributed by atoms with Crippen LogP contribution in [0.5, 0.6) is 0 Å². The zero-order valence-electron chi connectivity index (χ0n) is 11.3. The molecule has 106 valence electrons. The average Bonchev–Trinajstić information content (AvgIpc) is 3.03. The Morgan fingerprint density at radius 1 is 1.40 bits per heavy atom. The van der Waals surface area contributed by atoms with Crippen molar-refractivity contribution in [3.63, 3.8) is 0 Å². The minimum Gasteiger partial charge on any atom is -0.481 e. The number of carbonyl (C=O) groups excluding carboxylic acids is 1. The number of amides is 1. The second kappa shape index (κ2) is 4.81. The maximum Gasteiger partial charge on any atom is 0.311 e. The number of nitrogens with zero attached hydrogens (tertiary/aromatic N) is 1. The summed E-state index contributed by atoms with van der Waals surface area (Å²) in [6.07, 6.45) is 0.537. The van der Waals surface area contributed by atoms with Gasteiger partial charge in [0.15, 0.2) is 0 Å². The van der Waals surface area contributed by atoms with Crippen molar-refractivity contribution in [3.8, 4) is 0 Å². The number of carbonyl (C=O) groups is 2. The van der Waals surface area contributed by atoms with Crippen LogP contribution in [0, 0.1) is 5.41 Å². The molecule has 0 spiro atoms. The maximum atomic E-state index is 12.6. The van der Waals surface area contributed by atoms with E-state index in [1.165, 1.54) is 4.90 Å². The van der Waals surface area contributed by atoms with E-state index in [1.54, 1.807) is 23.6 Å². The number of carboxylic acids is 1. The lowest BCUT2D eigenvalue weighted by atomic mass is 9.90. The molecule has 2 atom stereocenters. The summed E-state index contributed by atoms with van der Waals surface area (Å²) in [6.45, 7) is 2.59. The van der Waals surface area contributed by atoms with Crippen LogP contribution in [0.15, 0.2) is 29.2 Å². The average molecular weight is 291 g/mol. The van der Waals surface area contributed by atoms with Gasteiger partial charge in [-0.05, 0) is 25.0 Å². The van der Waals surface area contributed by atoms with Crippen molar-refractivity contribution in [2.75, 3.05) is 18.8 Å². The second-order valence-electron chi connectivity index (χ2n) is 5.78. The van der Waals surface area contributed by atoms with Gasteiger partial charge in [-0.2, -0.15) is 0 Å². The highest BCUT2D eigenvalue weighted by molar-refractivity contribution is 7.99. The summed E-state index contributed by atoms with van der Waals surface area (Å²) >= 11 is 1.71. The van der Waals surface area contributed by atoms with Crippen LogP contribution in [0.1, 0.15) is 24.8 Å². The molecule has 1 amide bonds. The first-order chi connectivity index (χ1) is 9.51. The lowest BCUT2D eigenvalue weighted by Crippen LogP contribution is -2.37. The molecule has 4 nitrogen and oxygen atoms in total. The van der Waals surface area contributed by atoms with Gasteiger partial charge < -0.3 is 10.0 Å². The molecule has 3 rings (SSSR count). The van der Waals surface area contributed by atoms with Crippen molar-refractivity contribution in [3.05, 3.63) is 29.8 Å². The van der Waals surface area contributed by atoms with Crippen molar-refractivity contribution in [1.29, 1.82) is 0 Å². The van der Waals surface area contributed by atoms with Gasteiger partial charge in [0.05, 0.1) is 11.3 Å². The molecule has 0 radical (unpaired) electrons. The first-order valence-electron chi connectivity index (χ1n) is 6.75. The van der Waals surface area contributed by atoms with Crippen LogP contribution in [0.2, 0.25) is 0 Å². The van der Waals surface area contributed by atoms with E-state index >= 15 is 0 Å². The van der Waals surface area contributed by atoms with Gasteiger partial charge in [-0.3, -0.25) is 9.59 Å². The Labute approximate surface area is 122 Å². The topological polar surface area (TPSA) is 57.6 Å². The molecule has 2 unspecified atom stereocenters. The summed E-state index contributed by atoms with van der Waals surface area (Å²) in [5.74, 6) is -0.0906. The lowest BCUT2D eigenvalue weighted by Gasteiger charge is -2.23. The first kappa shape index (κ1) is 13.5. The largest absolute Gasteiger partial charge is 0.481 e. The molecule has 1 N–H and O–H groups in total. The minimum absolute atomic E-state index is 0.0763. The number of carboxylic acid groups (broad SMARTS) is 1. The third-order valence-electron chi connectivity index (χ3n) is 4.30. The van der Waals surface area contributed by atoms with Gasteiger partial charge in [0.2, 0.25) is 5.91 Å². The Morgan fingerprint density at radius 2 is 2.15 bits per heavy atom. The standard InChI is InChI=1S/C15H17NO3S/c1-15(14(18)19)6-7-16(9-15)13(17)11-8-20-12-5-3-2-4-10(11)12/h2-5,11H,6-9H2,1H3,(H,18,19). The summed E-state index contributed by atoms with van der Waals surface area (Å²) in [4.78, 5) is 26.8. The second-order valence-corrected chi connectivity index (χ2v) is 6.84. The van der Waals surface area contributed by atoms with Gasteiger partial charge >= 0.3 is 5.97 Å². The molecule has 5 heteroatoms. The highest BCUT2D eigenvalue weighted by Gasteiger charge is 2.44. The summed E-state index contributed by atoms with van der Waals surface area (Å²) < 4.78 is 0. The maximum absolute atomic E-state index is 12.6. The Bertz CT molecular complexity index is 574. The number of rotatable bonds is 2. The van der Waals surface area contributed by atoms with Gasteiger partial charge in [0, 0.05) is 23.7 Å². The van der Waals surface area contributed by atoms with E-state index in [0.29, 0.717) is 19.5 Å². The molecule has 0 saturated carbocycles. The zero-order chi connectivity index (χ0) is 14.3. The van der Waals surface area contributed by atoms with Gasteiger partial charge in [-0.1, -0.05) is 18.2 Å². The van der Waals surface area contributed by atoms with Crippen LogP contribution in [0.4, 0.5) is 0 Å². The fourth-order valence-electron chi connectivity index (χ4n) is 2.91. The predicted octanol–water partition coefficient (Wildman–Crippen LogP) is 2.20. The number of benzene rings is 1. The van der Waals surface area contributed by atoms with Gasteiger partial charge in [0.25, 0.3) is 0 Å². The van der Waals surface area contributed by atoms with Crippen molar-refractivity contribution < 1.29 is 14.7 Å². The lowest BCUT2D eigenvalue weighted by molar-refractivity contribution is -0.147. The molecule has 1 aromatic carbocycles. The number of fused-ring (bicyclic) bond motifs is 1. The molecule has 1 fully saturated rings. The SMILES string of the molecule is CC1(C(=O)O)CCN(C(=O)C2CSc3ccccc32)C1. The molecule has 2 heterocycles. The summed E-state index contributed by atoms with van der Waals surface area (Å²) in [7, 11) is 0. The van der Waals surface area contributed by atoms with Gasteiger partial charge in [-0.15, -0.1) is 11.8 Å². The Morgan fingerprint density at radius 3 is 2.85 bits per heavy atom. The highest BCUT2D eigenvalue weighted by atomic mass is 32.2. The van der Waals surface area contributed by atoms with Crippen molar-refractivity contribution in [2.24, 2.45) is 5.41 Å². The van der Waals surface area contributed by atoms with Gasteiger partial charge in [-0.25, -0.2) is 0 Å². The van der Waals surface area contributed by atoms with Crippen LogP contribution < -0.4 is 0 Å². The Balaban J connectivity index is 1.77. The smallest absolute Gasteiger partial charge is 0.311 e. The molecule has 2 aliphatic heterocycles. The monoisotopic (exact) mass is 291 g/mol. The number of aliphatic carboxylic acids is 1. The molecule has 0 bridgehead atoms. The number of hydrogen-bond acceptors (Lipinski definition) is 3. The van der Waals surface area contributed by atoms with Crippen LogP contribution in [0.25, 0.3) is 0 Å². The fraction of sp³-hybridized carbons (Fsp3) is 0.467. The molecule has 2 aliphatic rings. The molecule has 0 aliphatic carbocycles. The van der Waals surface area contributed by atoms with E-state index in [1.807, 2.05) is 24.3 Å². The van der Waals surface area contributed by atoms with Crippen LogP contribution in [0.3, 0.4) is 0 Å². The van der Waals surface area contributed by atoms with Crippen LogP contribution in [-0.2, 0) is 9.59 Å². The Kier molecular flexibility index (Phi) is 3.24. The van der Waals surface area contributed by atoms with Crippen molar-refractivity contribution in [2.45, 2.75) is 24.2 Å². The highest BCUT2D eigenvalue weighted by Crippen LogP contribution is 2.41. The van der Waals surface area contributed by atoms with Crippen molar-refractivity contribution in [1.82, 2.24) is 4.90 Å². The number of likely N-dealkylation sites (tertiary alicyclic amines) is 1. The van der Waals surface area contributed by atoms with Gasteiger partial charge in [0.1, 0.15) is 0 Å². The summed E-state index contributed by atoms with van der Waals surface area (Å²) in [6, 6.07) is 7.98. The molecule has 1 aromatic rings. The Hall–Kier alpha value is -1.49. The van der Waals surface area contributed by atoms with E-state index in [-0.39, 0.29) is 11.8 Å². The third kappa shape index (κ3) is 2.10. The normalized spacial score (nSPS) is 28.4. The van der Waals surface area contributed by atoms with Crippen LogP contribution >= 0.6 is 11.8 Å². The molecule has 20 heavy (non-hydrogen) atoms.